The monoisotopic (exact) mass is 274 g/mol. The maximum absolute atomic E-state index is 11.4. The molecular formula is C14H30N2O3. The summed E-state index contributed by atoms with van der Waals surface area (Å²) in [7, 11) is 0. The van der Waals surface area contributed by atoms with Gasteiger partial charge in [0.25, 0.3) is 0 Å². The van der Waals surface area contributed by atoms with Crippen LogP contribution in [0.2, 0.25) is 0 Å². The topological polar surface area (TPSA) is 70.6 Å². The highest BCUT2D eigenvalue weighted by atomic mass is 16.6. The van der Waals surface area contributed by atoms with Crippen molar-refractivity contribution in [3.05, 3.63) is 0 Å². The van der Waals surface area contributed by atoms with Crippen LogP contribution >= 0.6 is 0 Å². The van der Waals surface area contributed by atoms with E-state index in [1.807, 2.05) is 20.8 Å². The van der Waals surface area contributed by atoms with Gasteiger partial charge in [-0.2, -0.15) is 0 Å². The molecule has 0 spiro atoms. The van der Waals surface area contributed by atoms with Gasteiger partial charge >= 0.3 is 6.09 Å². The van der Waals surface area contributed by atoms with Gasteiger partial charge in [0.2, 0.25) is 0 Å². The molecule has 0 aliphatic heterocycles. The van der Waals surface area contributed by atoms with Crippen LogP contribution in [0.25, 0.3) is 0 Å². The Morgan fingerprint density at radius 3 is 2.32 bits per heavy atom. The minimum absolute atomic E-state index is 0.105. The molecule has 0 aromatic heterocycles. The molecule has 0 aliphatic carbocycles. The molecule has 5 nitrogen and oxygen atoms in total. The zero-order chi connectivity index (χ0) is 14.9. The van der Waals surface area contributed by atoms with Crippen LogP contribution in [0.4, 0.5) is 4.79 Å². The average molecular weight is 274 g/mol. The largest absolute Gasteiger partial charge is 0.444 e. The number of nitrogens with one attached hydrogen (secondary N) is 2. The van der Waals surface area contributed by atoms with Crippen LogP contribution in [-0.2, 0) is 4.74 Å². The first-order chi connectivity index (χ1) is 8.66. The second-order valence-electron chi connectivity index (χ2n) is 6.60. The maximum Gasteiger partial charge on any atom is 0.407 e. The lowest BCUT2D eigenvalue weighted by Gasteiger charge is -2.24. The number of ether oxygens (including phenoxy) is 1. The molecule has 0 aromatic rings. The Labute approximate surface area is 117 Å². The van der Waals surface area contributed by atoms with Crippen LogP contribution in [0.5, 0.6) is 0 Å². The van der Waals surface area contributed by atoms with Gasteiger partial charge in [-0.1, -0.05) is 13.8 Å². The highest BCUT2D eigenvalue weighted by Gasteiger charge is 2.16. The van der Waals surface area contributed by atoms with Crippen LogP contribution in [0.1, 0.15) is 47.5 Å². The van der Waals surface area contributed by atoms with Crippen molar-refractivity contribution >= 4 is 6.09 Å². The molecule has 0 bridgehead atoms. The second kappa shape index (κ2) is 8.38. The van der Waals surface area contributed by atoms with Crippen LogP contribution in [0.3, 0.4) is 0 Å². The molecule has 19 heavy (non-hydrogen) atoms. The summed E-state index contributed by atoms with van der Waals surface area (Å²) in [5.41, 5.74) is -0.343. The van der Waals surface area contributed by atoms with Gasteiger partial charge in [0.1, 0.15) is 5.60 Å². The van der Waals surface area contributed by atoms with E-state index in [0.717, 1.165) is 25.9 Å². The van der Waals surface area contributed by atoms with Crippen LogP contribution in [-0.4, -0.2) is 43.0 Å². The lowest BCUT2D eigenvalue weighted by Crippen LogP contribution is -2.35. The van der Waals surface area contributed by atoms with Gasteiger partial charge in [-0.25, -0.2) is 4.79 Å². The molecule has 5 heteroatoms. The molecule has 3 N–H and O–H groups in total. The third-order valence-electron chi connectivity index (χ3n) is 2.59. The smallest absolute Gasteiger partial charge is 0.407 e. The van der Waals surface area contributed by atoms with Crippen molar-refractivity contribution in [1.82, 2.24) is 10.6 Å². The summed E-state index contributed by atoms with van der Waals surface area (Å²) in [5.74, 6) is 0. The Bertz CT molecular complexity index is 260. The minimum Gasteiger partial charge on any atom is -0.444 e. The van der Waals surface area contributed by atoms with E-state index in [2.05, 4.69) is 24.5 Å². The van der Waals surface area contributed by atoms with E-state index in [0.29, 0.717) is 6.54 Å². The molecule has 0 rings (SSSR count). The minimum atomic E-state index is -0.448. The standard InChI is InChI=1S/C14H30N2O3/c1-13(2,3)19-12(18)16-9-6-8-15-11-14(4,5)7-10-17/h15,17H,6-11H2,1-5H3,(H,16,18). The fraction of sp³-hybridized carbons (Fsp3) is 0.929. The van der Waals surface area contributed by atoms with Gasteiger partial charge in [-0.15, -0.1) is 0 Å². The number of hydrogen-bond donors (Lipinski definition) is 3. The van der Waals surface area contributed by atoms with Crippen molar-refractivity contribution in [2.75, 3.05) is 26.2 Å². The number of aliphatic hydroxyl groups excluding tert-OH is 1. The summed E-state index contributed by atoms with van der Waals surface area (Å²) in [6.07, 6.45) is 1.28. The third kappa shape index (κ3) is 12.0. The van der Waals surface area contributed by atoms with E-state index >= 15 is 0 Å². The van der Waals surface area contributed by atoms with E-state index in [-0.39, 0.29) is 18.1 Å². The van der Waals surface area contributed by atoms with Crippen molar-refractivity contribution < 1.29 is 14.6 Å². The zero-order valence-electron chi connectivity index (χ0n) is 13.0. The molecule has 0 saturated carbocycles. The Morgan fingerprint density at radius 2 is 1.79 bits per heavy atom. The average Bonchev–Trinajstić information content (AvgIpc) is 2.20. The van der Waals surface area contributed by atoms with E-state index in [4.69, 9.17) is 9.84 Å². The SMILES string of the molecule is CC(C)(CCO)CNCCCNC(=O)OC(C)(C)C. The highest BCUT2D eigenvalue weighted by Crippen LogP contribution is 2.17. The number of alkyl carbamates (subject to hydrolysis) is 1. The normalized spacial score (nSPS) is 12.3. The number of aliphatic hydroxyl groups is 1. The summed E-state index contributed by atoms with van der Waals surface area (Å²) in [6, 6.07) is 0. The Balaban J connectivity index is 3.53. The first-order valence-corrected chi connectivity index (χ1v) is 6.95. The zero-order valence-corrected chi connectivity index (χ0v) is 13.0. The van der Waals surface area contributed by atoms with Crippen molar-refractivity contribution in [3.63, 3.8) is 0 Å². The molecule has 0 aliphatic rings. The summed E-state index contributed by atoms with van der Waals surface area (Å²) in [6.45, 7) is 12.3. The Morgan fingerprint density at radius 1 is 1.16 bits per heavy atom. The van der Waals surface area contributed by atoms with Crippen molar-refractivity contribution in [1.29, 1.82) is 0 Å². The molecule has 1 amide bonds. The van der Waals surface area contributed by atoms with Gasteiger partial charge < -0.3 is 20.5 Å². The van der Waals surface area contributed by atoms with E-state index in [9.17, 15) is 4.79 Å². The molecule has 0 fully saturated rings. The molecule has 0 radical (unpaired) electrons. The summed E-state index contributed by atoms with van der Waals surface area (Å²) < 4.78 is 5.13. The van der Waals surface area contributed by atoms with Gasteiger partial charge in [-0.3, -0.25) is 0 Å². The number of hydrogen-bond acceptors (Lipinski definition) is 4. The molecule has 114 valence electrons. The van der Waals surface area contributed by atoms with Gasteiger partial charge in [0, 0.05) is 19.7 Å². The van der Waals surface area contributed by atoms with E-state index in [1.165, 1.54) is 0 Å². The van der Waals surface area contributed by atoms with Gasteiger partial charge in [-0.05, 0) is 45.6 Å². The molecule has 0 aromatic carbocycles. The number of carbonyl (C=O) groups is 1. The lowest BCUT2D eigenvalue weighted by molar-refractivity contribution is 0.0527. The van der Waals surface area contributed by atoms with E-state index in [1.54, 1.807) is 0 Å². The molecule has 0 saturated heterocycles. The van der Waals surface area contributed by atoms with Crippen molar-refractivity contribution in [3.8, 4) is 0 Å². The fourth-order valence-electron chi connectivity index (χ4n) is 1.54. The number of rotatable bonds is 8. The highest BCUT2D eigenvalue weighted by molar-refractivity contribution is 5.67. The van der Waals surface area contributed by atoms with Crippen LogP contribution < -0.4 is 10.6 Å². The van der Waals surface area contributed by atoms with Crippen LogP contribution in [0.15, 0.2) is 0 Å². The third-order valence-corrected chi connectivity index (χ3v) is 2.59. The molecule has 0 unspecified atom stereocenters. The number of carbonyl (C=O) groups excluding carboxylic acids is 1. The van der Waals surface area contributed by atoms with Crippen LogP contribution in [0, 0.1) is 5.41 Å². The predicted octanol–water partition coefficient (Wildman–Crippen LogP) is 1.90. The van der Waals surface area contributed by atoms with Gasteiger partial charge in [0.15, 0.2) is 0 Å². The second-order valence-corrected chi connectivity index (χ2v) is 6.60. The first kappa shape index (κ1) is 18.2. The Kier molecular flexibility index (Phi) is 8.02. The first-order valence-electron chi connectivity index (χ1n) is 6.95. The van der Waals surface area contributed by atoms with E-state index < -0.39 is 5.60 Å². The van der Waals surface area contributed by atoms with Crippen molar-refractivity contribution in [2.45, 2.75) is 53.1 Å². The Hall–Kier alpha value is -0.810. The molecule has 0 heterocycles. The summed E-state index contributed by atoms with van der Waals surface area (Å²) >= 11 is 0. The quantitative estimate of drug-likeness (QED) is 0.591. The fourth-order valence-corrected chi connectivity index (χ4v) is 1.54. The van der Waals surface area contributed by atoms with Gasteiger partial charge in [0.05, 0.1) is 0 Å². The lowest BCUT2D eigenvalue weighted by atomic mass is 9.90. The summed E-state index contributed by atoms with van der Waals surface area (Å²) in [4.78, 5) is 11.4. The maximum atomic E-state index is 11.4. The molecule has 0 atom stereocenters. The predicted molar refractivity (Wildman–Crippen MR) is 77.2 cm³/mol. The number of amides is 1. The van der Waals surface area contributed by atoms with Crippen molar-refractivity contribution in [2.24, 2.45) is 5.41 Å². The molecular weight excluding hydrogens is 244 g/mol. The summed E-state index contributed by atoms with van der Waals surface area (Å²) in [5, 5.41) is 15.0.